The van der Waals surface area contributed by atoms with Gasteiger partial charge >= 0.3 is 0 Å². The number of aliphatic hydroxyl groups is 1. The third-order valence-electron chi connectivity index (χ3n) is 4.62. The van der Waals surface area contributed by atoms with Crippen molar-refractivity contribution in [2.45, 2.75) is 59.0 Å². The van der Waals surface area contributed by atoms with Gasteiger partial charge in [0.25, 0.3) is 0 Å². The maximum absolute atomic E-state index is 12.4. The van der Waals surface area contributed by atoms with E-state index in [1.807, 2.05) is 18.7 Å². The Bertz CT molecular complexity index is 416. The fourth-order valence-corrected chi connectivity index (χ4v) is 3.32. The molecule has 0 aromatic carbocycles. The molecule has 2 atom stereocenters. The van der Waals surface area contributed by atoms with Crippen LogP contribution in [-0.4, -0.2) is 47.6 Å². The number of aliphatic hydroxyl groups excluding tert-OH is 1. The summed E-state index contributed by atoms with van der Waals surface area (Å²) in [7, 11) is 0. The summed E-state index contributed by atoms with van der Waals surface area (Å²) in [5.41, 5.74) is -0.123. The second kappa shape index (κ2) is 6.99. The van der Waals surface area contributed by atoms with Gasteiger partial charge in [-0.1, -0.05) is 13.8 Å². The molecule has 0 aromatic heterocycles. The second-order valence-corrected chi connectivity index (χ2v) is 7.83. The molecule has 1 saturated carbocycles. The number of hydrogen-bond donors (Lipinski definition) is 2. The molecule has 1 saturated heterocycles. The lowest BCUT2D eigenvalue weighted by Gasteiger charge is -2.33. The summed E-state index contributed by atoms with van der Waals surface area (Å²) in [5, 5.41) is 12.5. The molecule has 1 aliphatic heterocycles. The third-order valence-corrected chi connectivity index (χ3v) is 4.62. The first-order valence-electron chi connectivity index (χ1n) is 8.53. The van der Waals surface area contributed by atoms with Crippen molar-refractivity contribution in [2.24, 2.45) is 17.3 Å². The molecule has 0 aromatic rings. The zero-order valence-corrected chi connectivity index (χ0v) is 14.1. The van der Waals surface area contributed by atoms with Crippen molar-refractivity contribution in [3.05, 3.63) is 0 Å². The van der Waals surface area contributed by atoms with Gasteiger partial charge < -0.3 is 15.3 Å². The monoisotopic (exact) mass is 310 g/mol. The lowest BCUT2D eigenvalue weighted by molar-refractivity contribution is -0.137. The molecule has 2 rings (SSSR count). The molecule has 2 N–H and O–H groups in total. The summed E-state index contributed by atoms with van der Waals surface area (Å²) in [6, 6.07) is 0. The SMILES string of the molecule is CC(O)CC(C)(C)CNC(=O)C1CCCN(C(=O)C2CC2)C1. The van der Waals surface area contributed by atoms with E-state index in [2.05, 4.69) is 5.32 Å². The van der Waals surface area contributed by atoms with E-state index in [1.165, 1.54) is 0 Å². The highest BCUT2D eigenvalue weighted by Crippen LogP contribution is 2.32. The Kier molecular flexibility index (Phi) is 5.48. The van der Waals surface area contributed by atoms with Crippen molar-refractivity contribution < 1.29 is 14.7 Å². The molecule has 2 fully saturated rings. The highest BCUT2D eigenvalue weighted by atomic mass is 16.3. The van der Waals surface area contributed by atoms with Crippen molar-refractivity contribution in [3.8, 4) is 0 Å². The average Bonchev–Trinajstić information content (AvgIpc) is 3.27. The van der Waals surface area contributed by atoms with Crippen LogP contribution in [0.3, 0.4) is 0 Å². The summed E-state index contributed by atoms with van der Waals surface area (Å²) in [4.78, 5) is 26.4. The molecule has 5 nitrogen and oxygen atoms in total. The van der Waals surface area contributed by atoms with E-state index >= 15 is 0 Å². The number of hydrogen-bond acceptors (Lipinski definition) is 3. The maximum atomic E-state index is 12.4. The molecule has 0 radical (unpaired) electrons. The molecule has 1 aliphatic carbocycles. The van der Waals surface area contributed by atoms with E-state index in [9.17, 15) is 14.7 Å². The summed E-state index contributed by atoms with van der Waals surface area (Å²) in [6.45, 7) is 7.79. The topological polar surface area (TPSA) is 69.6 Å². The van der Waals surface area contributed by atoms with Crippen LogP contribution in [0, 0.1) is 17.3 Å². The first kappa shape index (κ1) is 17.3. The van der Waals surface area contributed by atoms with Gasteiger partial charge in [-0.05, 0) is 44.4 Å². The number of nitrogens with one attached hydrogen (secondary N) is 1. The number of piperidine rings is 1. The van der Waals surface area contributed by atoms with Crippen LogP contribution in [0.25, 0.3) is 0 Å². The van der Waals surface area contributed by atoms with E-state index in [1.54, 1.807) is 6.92 Å². The summed E-state index contributed by atoms with van der Waals surface area (Å²) >= 11 is 0. The fraction of sp³-hybridized carbons (Fsp3) is 0.882. The van der Waals surface area contributed by atoms with Crippen LogP contribution in [0.4, 0.5) is 0 Å². The number of rotatable bonds is 6. The molecule has 2 unspecified atom stereocenters. The Morgan fingerprint density at radius 3 is 2.55 bits per heavy atom. The van der Waals surface area contributed by atoms with Gasteiger partial charge in [-0.2, -0.15) is 0 Å². The highest BCUT2D eigenvalue weighted by Gasteiger charge is 2.36. The zero-order chi connectivity index (χ0) is 16.3. The smallest absolute Gasteiger partial charge is 0.225 e. The average molecular weight is 310 g/mol. The van der Waals surface area contributed by atoms with Gasteiger partial charge in [0.2, 0.25) is 11.8 Å². The lowest BCUT2D eigenvalue weighted by Crippen LogP contribution is -2.47. The number of amides is 2. The van der Waals surface area contributed by atoms with Gasteiger partial charge in [0, 0.05) is 25.6 Å². The minimum atomic E-state index is -0.367. The van der Waals surface area contributed by atoms with Crippen LogP contribution in [0.15, 0.2) is 0 Å². The van der Waals surface area contributed by atoms with Crippen molar-refractivity contribution in [2.75, 3.05) is 19.6 Å². The summed E-state index contributed by atoms with van der Waals surface area (Å²) < 4.78 is 0. The van der Waals surface area contributed by atoms with Gasteiger partial charge in [0.15, 0.2) is 0 Å². The van der Waals surface area contributed by atoms with Crippen LogP contribution in [-0.2, 0) is 9.59 Å². The second-order valence-electron chi connectivity index (χ2n) is 7.83. The molecule has 126 valence electrons. The molecule has 2 aliphatic rings. The Morgan fingerprint density at radius 1 is 1.27 bits per heavy atom. The first-order chi connectivity index (χ1) is 10.3. The molecule has 0 spiro atoms. The molecular formula is C17H30N2O3. The zero-order valence-electron chi connectivity index (χ0n) is 14.1. The Hall–Kier alpha value is -1.10. The number of carbonyl (C=O) groups excluding carboxylic acids is 2. The van der Waals surface area contributed by atoms with Gasteiger partial charge in [0.1, 0.15) is 0 Å². The molecule has 2 amide bonds. The van der Waals surface area contributed by atoms with Gasteiger partial charge in [0.05, 0.1) is 12.0 Å². The van der Waals surface area contributed by atoms with E-state index in [0.29, 0.717) is 19.5 Å². The predicted octanol–water partition coefficient (Wildman–Crippen LogP) is 1.55. The van der Waals surface area contributed by atoms with Crippen molar-refractivity contribution in [3.63, 3.8) is 0 Å². The Balaban J connectivity index is 1.80. The summed E-state index contributed by atoms with van der Waals surface area (Å²) in [6.07, 6.45) is 4.09. The highest BCUT2D eigenvalue weighted by molar-refractivity contribution is 5.83. The Morgan fingerprint density at radius 2 is 1.95 bits per heavy atom. The number of nitrogens with zero attached hydrogens (tertiary/aromatic N) is 1. The lowest BCUT2D eigenvalue weighted by atomic mass is 9.86. The Labute approximate surface area is 133 Å². The van der Waals surface area contributed by atoms with Crippen molar-refractivity contribution in [1.29, 1.82) is 0 Å². The molecule has 22 heavy (non-hydrogen) atoms. The van der Waals surface area contributed by atoms with Gasteiger partial charge in [-0.3, -0.25) is 9.59 Å². The quantitative estimate of drug-likeness (QED) is 0.782. The minimum absolute atomic E-state index is 0.0481. The van der Waals surface area contributed by atoms with Gasteiger partial charge in [-0.15, -0.1) is 0 Å². The van der Waals surface area contributed by atoms with Crippen LogP contribution in [0.2, 0.25) is 0 Å². The van der Waals surface area contributed by atoms with Gasteiger partial charge in [-0.25, -0.2) is 0 Å². The molecule has 5 heteroatoms. The van der Waals surface area contributed by atoms with Crippen LogP contribution >= 0.6 is 0 Å². The largest absolute Gasteiger partial charge is 0.393 e. The fourth-order valence-electron chi connectivity index (χ4n) is 3.32. The first-order valence-corrected chi connectivity index (χ1v) is 8.53. The third kappa shape index (κ3) is 4.97. The molecular weight excluding hydrogens is 280 g/mol. The van der Waals surface area contributed by atoms with E-state index in [-0.39, 0.29) is 35.2 Å². The number of likely N-dealkylation sites (tertiary alicyclic amines) is 1. The van der Waals surface area contributed by atoms with Crippen LogP contribution < -0.4 is 5.32 Å². The van der Waals surface area contributed by atoms with E-state index in [0.717, 1.165) is 32.2 Å². The maximum Gasteiger partial charge on any atom is 0.225 e. The van der Waals surface area contributed by atoms with E-state index in [4.69, 9.17) is 0 Å². The normalized spacial score (nSPS) is 24.0. The van der Waals surface area contributed by atoms with E-state index < -0.39 is 0 Å². The predicted molar refractivity (Wildman–Crippen MR) is 85.1 cm³/mol. The molecule has 0 bridgehead atoms. The number of carbonyl (C=O) groups is 2. The molecule has 1 heterocycles. The van der Waals surface area contributed by atoms with Crippen LogP contribution in [0.1, 0.15) is 52.9 Å². The van der Waals surface area contributed by atoms with Crippen molar-refractivity contribution in [1.82, 2.24) is 10.2 Å². The summed E-state index contributed by atoms with van der Waals surface area (Å²) in [5.74, 6) is 0.435. The van der Waals surface area contributed by atoms with Crippen LogP contribution in [0.5, 0.6) is 0 Å². The minimum Gasteiger partial charge on any atom is -0.393 e. The standard InChI is InChI=1S/C17H30N2O3/c1-12(20)9-17(2,3)11-18-15(21)14-5-4-8-19(10-14)16(22)13-6-7-13/h12-14,20H,4-11H2,1-3H3,(H,18,21). The van der Waals surface area contributed by atoms with Crippen molar-refractivity contribution >= 4 is 11.8 Å².